The zero-order valence-electron chi connectivity index (χ0n) is 11.5. The largest absolute Gasteiger partial charge is 0.459 e. The van der Waals surface area contributed by atoms with Crippen molar-refractivity contribution < 1.29 is 18.7 Å². The molecule has 1 aliphatic carbocycles. The van der Waals surface area contributed by atoms with Gasteiger partial charge in [-0.2, -0.15) is 0 Å². The van der Waals surface area contributed by atoms with Crippen molar-refractivity contribution >= 4 is 5.91 Å². The zero-order chi connectivity index (χ0) is 14.2. The minimum Gasteiger partial charge on any atom is -0.459 e. The molecule has 2 aliphatic rings. The summed E-state index contributed by atoms with van der Waals surface area (Å²) in [5.41, 5.74) is 0.969. The number of carbonyl (C=O) groups is 1. The summed E-state index contributed by atoms with van der Waals surface area (Å²) < 4.78 is 16.1. The van der Waals surface area contributed by atoms with E-state index in [1.54, 1.807) is 12.1 Å². The zero-order valence-corrected chi connectivity index (χ0v) is 11.5. The number of nitrogens with zero attached hydrogens (tertiary/aromatic N) is 1. The predicted octanol–water partition coefficient (Wildman–Crippen LogP) is 2.81. The molecule has 5 nitrogen and oxygen atoms in total. The van der Waals surface area contributed by atoms with Crippen LogP contribution in [-0.2, 0) is 6.54 Å². The number of carbonyl (C=O) groups excluding carboxylic acids is 1. The van der Waals surface area contributed by atoms with E-state index in [0.717, 1.165) is 29.9 Å². The maximum absolute atomic E-state index is 12.6. The van der Waals surface area contributed by atoms with Crippen LogP contribution in [0.4, 0.5) is 0 Å². The fourth-order valence-electron chi connectivity index (χ4n) is 2.59. The molecule has 1 saturated carbocycles. The summed E-state index contributed by atoms with van der Waals surface area (Å²) in [5, 5.41) is 0. The number of amides is 1. The monoisotopic (exact) mass is 285 g/mol. The lowest BCUT2D eigenvalue weighted by Crippen LogP contribution is -2.32. The van der Waals surface area contributed by atoms with Crippen LogP contribution in [-0.4, -0.2) is 23.6 Å². The summed E-state index contributed by atoms with van der Waals surface area (Å²) in [6.07, 6.45) is 3.60. The Hall–Kier alpha value is -2.43. The van der Waals surface area contributed by atoms with Crippen LogP contribution in [0.5, 0.6) is 11.5 Å². The Morgan fingerprint density at radius 3 is 2.86 bits per heavy atom. The molecule has 1 amide bonds. The van der Waals surface area contributed by atoms with E-state index in [0.29, 0.717) is 18.3 Å². The molecule has 21 heavy (non-hydrogen) atoms. The van der Waals surface area contributed by atoms with E-state index in [4.69, 9.17) is 13.9 Å². The highest BCUT2D eigenvalue weighted by atomic mass is 16.7. The molecule has 108 valence electrons. The molecule has 1 fully saturated rings. The van der Waals surface area contributed by atoms with Crippen LogP contribution in [0.25, 0.3) is 0 Å². The van der Waals surface area contributed by atoms with Crippen LogP contribution in [0, 0.1) is 0 Å². The summed E-state index contributed by atoms with van der Waals surface area (Å²) in [6.45, 7) is 0.749. The number of para-hydroxylation sites is 1. The molecule has 1 aromatic carbocycles. The van der Waals surface area contributed by atoms with Gasteiger partial charge in [0, 0.05) is 11.6 Å². The molecular weight excluding hydrogens is 270 g/mol. The maximum atomic E-state index is 12.6. The fourth-order valence-corrected chi connectivity index (χ4v) is 2.59. The van der Waals surface area contributed by atoms with Crippen molar-refractivity contribution in [3.05, 3.63) is 47.9 Å². The molecule has 0 atom stereocenters. The van der Waals surface area contributed by atoms with Gasteiger partial charge in [-0.1, -0.05) is 12.1 Å². The Morgan fingerprint density at radius 1 is 1.19 bits per heavy atom. The van der Waals surface area contributed by atoms with E-state index in [9.17, 15) is 4.79 Å². The van der Waals surface area contributed by atoms with Crippen LogP contribution >= 0.6 is 0 Å². The van der Waals surface area contributed by atoms with Gasteiger partial charge in [0.1, 0.15) is 0 Å². The van der Waals surface area contributed by atoms with Gasteiger partial charge in [0.25, 0.3) is 5.91 Å². The lowest BCUT2D eigenvalue weighted by molar-refractivity contribution is 0.0696. The van der Waals surface area contributed by atoms with E-state index >= 15 is 0 Å². The highest BCUT2D eigenvalue weighted by Crippen LogP contribution is 2.38. The summed E-state index contributed by atoms with van der Waals surface area (Å²) in [6, 6.07) is 9.49. The maximum Gasteiger partial charge on any atom is 0.290 e. The van der Waals surface area contributed by atoms with Gasteiger partial charge in [0.15, 0.2) is 17.3 Å². The number of rotatable bonds is 4. The van der Waals surface area contributed by atoms with E-state index < -0.39 is 0 Å². The first-order valence-electron chi connectivity index (χ1n) is 7.05. The van der Waals surface area contributed by atoms with E-state index in [-0.39, 0.29) is 12.7 Å². The normalized spacial score (nSPS) is 16.0. The summed E-state index contributed by atoms with van der Waals surface area (Å²) in [4.78, 5) is 14.4. The first kappa shape index (κ1) is 12.3. The molecule has 2 heterocycles. The quantitative estimate of drug-likeness (QED) is 0.866. The van der Waals surface area contributed by atoms with Crippen LogP contribution in [0.15, 0.2) is 41.0 Å². The molecular formula is C16H15NO4. The molecule has 4 rings (SSSR count). The lowest BCUT2D eigenvalue weighted by atomic mass is 10.1. The molecule has 5 heteroatoms. The van der Waals surface area contributed by atoms with Gasteiger partial charge in [-0.05, 0) is 31.0 Å². The molecule has 1 aliphatic heterocycles. The van der Waals surface area contributed by atoms with Gasteiger partial charge in [-0.3, -0.25) is 4.79 Å². The van der Waals surface area contributed by atoms with Crippen molar-refractivity contribution in [3.8, 4) is 11.5 Å². The van der Waals surface area contributed by atoms with Crippen molar-refractivity contribution in [2.24, 2.45) is 0 Å². The smallest absolute Gasteiger partial charge is 0.290 e. The number of hydrogen-bond acceptors (Lipinski definition) is 4. The third-order valence-electron chi connectivity index (χ3n) is 3.80. The minimum absolute atomic E-state index is 0.0704. The second-order valence-corrected chi connectivity index (χ2v) is 5.29. The molecule has 0 unspecified atom stereocenters. The topological polar surface area (TPSA) is 51.9 Å². The van der Waals surface area contributed by atoms with Gasteiger partial charge >= 0.3 is 0 Å². The first-order valence-corrected chi connectivity index (χ1v) is 7.05. The molecule has 0 radical (unpaired) electrons. The van der Waals surface area contributed by atoms with Crippen molar-refractivity contribution in [1.82, 2.24) is 4.90 Å². The highest BCUT2D eigenvalue weighted by Gasteiger charge is 2.35. The second-order valence-electron chi connectivity index (χ2n) is 5.29. The molecule has 0 spiro atoms. The number of benzene rings is 1. The van der Waals surface area contributed by atoms with Crippen LogP contribution < -0.4 is 9.47 Å². The Morgan fingerprint density at radius 2 is 2.10 bits per heavy atom. The fraction of sp³-hybridized carbons (Fsp3) is 0.312. The third-order valence-corrected chi connectivity index (χ3v) is 3.80. The summed E-state index contributed by atoms with van der Waals surface area (Å²) in [7, 11) is 0. The van der Waals surface area contributed by atoms with Crippen molar-refractivity contribution in [2.45, 2.75) is 25.4 Å². The van der Waals surface area contributed by atoms with E-state index in [2.05, 4.69) is 0 Å². The summed E-state index contributed by atoms with van der Waals surface area (Å²) >= 11 is 0. The summed E-state index contributed by atoms with van der Waals surface area (Å²) in [5.74, 6) is 1.80. The Bertz CT molecular complexity index is 661. The second kappa shape index (κ2) is 4.84. The Labute approximate surface area is 122 Å². The average Bonchev–Trinajstić information content (AvgIpc) is 3.02. The Kier molecular flexibility index (Phi) is 2.84. The van der Waals surface area contributed by atoms with Crippen LogP contribution in [0.1, 0.15) is 29.0 Å². The highest BCUT2D eigenvalue weighted by molar-refractivity contribution is 5.91. The molecule has 0 bridgehead atoms. The van der Waals surface area contributed by atoms with E-state index in [1.807, 2.05) is 23.1 Å². The van der Waals surface area contributed by atoms with E-state index in [1.165, 1.54) is 6.26 Å². The number of furan rings is 1. The van der Waals surface area contributed by atoms with Gasteiger partial charge in [0.2, 0.25) is 6.79 Å². The van der Waals surface area contributed by atoms with Crippen molar-refractivity contribution in [1.29, 1.82) is 0 Å². The molecule has 0 saturated heterocycles. The van der Waals surface area contributed by atoms with Gasteiger partial charge in [-0.15, -0.1) is 0 Å². The standard InChI is InChI=1S/C16H15NO4/c18-16(14-5-2-8-19-14)17(12-6-7-12)9-11-3-1-4-13-15(11)21-10-20-13/h1-5,8,12H,6-7,9-10H2. The van der Waals surface area contributed by atoms with Gasteiger partial charge in [0.05, 0.1) is 12.8 Å². The lowest BCUT2D eigenvalue weighted by Gasteiger charge is -2.22. The third kappa shape index (κ3) is 2.24. The SMILES string of the molecule is O=C(c1ccco1)N(Cc1cccc2c1OCO2)C1CC1. The molecule has 1 aromatic heterocycles. The van der Waals surface area contributed by atoms with Crippen LogP contribution in [0.3, 0.4) is 0 Å². The minimum atomic E-state index is -0.0704. The number of fused-ring (bicyclic) bond motifs is 1. The average molecular weight is 285 g/mol. The molecule has 2 aromatic rings. The van der Waals surface area contributed by atoms with Gasteiger partial charge < -0.3 is 18.8 Å². The van der Waals surface area contributed by atoms with Crippen molar-refractivity contribution in [2.75, 3.05) is 6.79 Å². The van der Waals surface area contributed by atoms with Crippen molar-refractivity contribution in [3.63, 3.8) is 0 Å². The predicted molar refractivity (Wildman–Crippen MR) is 74.2 cm³/mol. The first-order chi connectivity index (χ1) is 10.3. The van der Waals surface area contributed by atoms with Crippen LogP contribution in [0.2, 0.25) is 0 Å². The Balaban J connectivity index is 1.61. The molecule has 0 N–H and O–H groups in total. The van der Waals surface area contributed by atoms with Gasteiger partial charge in [-0.25, -0.2) is 0 Å². The number of ether oxygens (including phenoxy) is 2. The number of hydrogen-bond donors (Lipinski definition) is 0.